The molecule has 2 amide bonds. The van der Waals surface area contributed by atoms with E-state index >= 15 is 0 Å². The molecule has 0 saturated heterocycles. The molecule has 0 bridgehead atoms. The normalized spacial score (nSPS) is 9.94. The van der Waals surface area contributed by atoms with Crippen LogP contribution in [0.2, 0.25) is 5.02 Å². The van der Waals surface area contributed by atoms with Crippen molar-refractivity contribution in [1.29, 1.82) is 0 Å². The Morgan fingerprint density at radius 2 is 2.11 bits per heavy atom. The van der Waals surface area contributed by atoms with E-state index in [-0.39, 0.29) is 11.8 Å². The third-order valence-corrected chi connectivity index (χ3v) is 2.57. The van der Waals surface area contributed by atoms with Crippen molar-refractivity contribution in [1.82, 2.24) is 5.32 Å². The minimum absolute atomic E-state index is 0.173. The minimum Gasteiger partial charge on any atom is -0.355 e. The fourth-order valence-corrected chi connectivity index (χ4v) is 1.60. The van der Waals surface area contributed by atoms with Crippen molar-refractivity contribution in [2.24, 2.45) is 5.73 Å². The van der Waals surface area contributed by atoms with Gasteiger partial charge in [0.1, 0.15) is 0 Å². The first-order chi connectivity index (χ1) is 8.58. The lowest BCUT2D eigenvalue weighted by atomic mass is 10.1. The summed E-state index contributed by atoms with van der Waals surface area (Å²) in [5.74, 6) is -0.473. The highest BCUT2D eigenvalue weighted by molar-refractivity contribution is 6.31. The van der Waals surface area contributed by atoms with Crippen LogP contribution in [0.5, 0.6) is 0 Å². The van der Waals surface area contributed by atoms with Crippen LogP contribution in [-0.2, 0) is 4.79 Å². The number of nitrogens with two attached hydrogens (primary N) is 1. The third kappa shape index (κ3) is 4.01. The van der Waals surface area contributed by atoms with E-state index in [9.17, 15) is 9.59 Å². The van der Waals surface area contributed by atoms with Crippen LogP contribution in [0, 0.1) is 0 Å². The molecule has 4 N–H and O–H groups in total. The summed E-state index contributed by atoms with van der Waals surface area (Å²) in [5, 5.41) is 5.61. The summed E-state index contributed by atoms with van der Waals surface area (Å²) in [5.41, 5.74) is 6.11. The molecule has 0 aliphatic heterocycles. The zero-order chi connectivity index (χ0) is 13.5. The van der Waals surface area contributed by atoms with E-state index in [1.807, 2.05) is 0 Å². The molecule has 1 rings (SSSR count). The molecule has 0 saturated carbocycles. The van der Waals surface area contributed by atoms with Gasteiger partial charge in [0.2, 0.25) is 5.91 Å². The van der Waals surface area contributed by atoms with E-state index in [2.05, 4.69) is 10.6 Å². The van der Waals surface area contributed by atoms with Gasteiger partial charge >= 0.3 is 0 Å². The van der Waals surface area contributed by atoms with E-state index in [0.29, 0.717) is 35.7 Å². The Morgan fingerprint density at radius 3 is 2.72 bits per heavy atom. The molecule has 98 valence electrons. The van der Waals surface area contributed by atoms with Gasteiger partial charge in [-0.1, -0.05) is 11.6 Å². The summed E-state index contributed by atoms with van der Waals surface area (Å²) in [6, 6.07) is 4.73. The molecule has 0 radical (unpaired) electrons. The number of hydrogen-bond acceptors (Lipinski definition) is 3. The molecule has 0 spiro atoms. The summed E-state index contributed by atoms with van der Waals surface area (Å²) in [7, 11) is 1.52. The average molecular weight is 270 g/mol. The Hall–Kier alpha value is -1.59. The Kier molecular flexibility index (Phi) is 5.61. The lowest BCUT2D eigenvalue weighted by molar-refractivity contribution is -0.116. The molecule has 0 atom stereocenters. The lowest BCUT2D eigenvalue weighted by Gasteiger charge is -2.10. The first kappa shape index (κ1) is 14.5. The number of carbonyl (C=O) groups excluding carboxylic acids is 2. The Balaban J connectivity index is 2.87. The molecule has 0 aliphatic carbocycles. The molecular weight excluding hydrogens is 254 g/mol. The quantitative estimate of drug-likeness (QED) is 0.755. The van der Waals surface area contributed by atoms with Gasteiger partial charge in [0, 0.05) is 18.5 Å². The Labute approximate surface area is 111 Å². The molecule has 0 aliphatic rings. The van der Waals surface area contributed by atoms with Gasteiger partial charge < -0.3 is 16.4 Å². The number of amides is 2. The maximum absolute atomic E-state index is 11.6. The highest BCUT2D eigenvalue weighted by Crippen LogP contribution is 2.21. The number of hydrogen-bond donors (Lipinski definition) is 3. The zero-order valence-corrected chi connectivity index (χ0v) is 10.9. The first-order valence-corrected chi connectivity index (χ1v) is 5.98. The van der Waals surface area contributed by atoms with Gasteiger partial charge in [-0.25, -0.2) is 0 Å². The number of anilines is 1. The van der Waals surface area contributed by atoms with Crippen LogP contribution >= 0.6 is 11.6 Å². The van der Waals surface area contributed by atoms with Crippen molar-refractivity contribution in [2.75, 3.05) is 18.9 Å². The molecule has 1 aromatic rings. The Morgan fingerprint density at radius 1 is 1.39 bits per heavy atom. The van der Waals surface area contributed by atoms with Crippen LogP contribution in [0.15, 0.2) is 18.2 Å². The largest absolute Gasteiger partial charge is 0.355 e. The third-order valence-electron chi connectivity index (χ3n) is 2.34. The van der Waals surface area contributed by atoms with Gasteiger partial charge in [-0.15, -0.1) is 0 Å². The number of rotatable bonds is 5. The van der Waals surface area contributed by atoms with Crippen LogP contribution in [0.1, 0.15) is 23.2 Å². The lowest BCUT2D eigenvalue weighted by Crippen LogP contribution is -2.21. The number of benzene rings is 1. The highest BCUT2D eigenvalue weighted by atomic mass is 35.5. The second-order valence-corrected chi connectivity index (χ2v) is 4.15. The van der Waals surface area contributed by atoms with E-state index in [0.717, 1.165) is 0 Å². The zero-order valence-electron chi connectivity index (χ0n) is 10.1. The fraction of sp³-hybridized carbons (Fsp3) is 0.333. The number of nitrogens with one attached hydrogen (secondary N) is 2. The summed E-state index contributed by atoms with van der Waals surface area (Å²) in [4.78, 5) is 23.2. The standard InChI is InChI=1S/C12H16ClN3O2/c1-15-12(18)9-7-8(13)4-5-10(9)16-11(17)3-2-6-14/h4-5,7H,2-3,6,14H2,1H3,(H,15,18)(H,16,17). The second-order valence-electron chi connectivity index (χ2n) is 3.71. The van der Waals surface area contributed by atoms with Gasteiger partial charge in [-0.2, -0.15) is 0 Å². The molecule has 1 aromatic carbocycles. The second kappa shape index (κ2) is 6.98. The molecule has 0 aromatic heterocycles. The summed E-state index contributed by atoms with van der Waals surface area (Å²) in [6.45, 7) is 0.455. The van der Waals surface area contributed by atoms with Crippen molar-refractivity contribution >= 4 is 29.1 Å². The molecule has 5 nitrogen and oxygen atoms in total. The van der Waals surface area contributed by atoms with Crippen molar-refractivity contribution in [3.63, 3.8) is 0 Å². The molecule has 18 heavy (non-hydrogen) atoms. The predicted octanol–water partition coefficient (Wildman–Crippen LogP) is 1.38. The topological polar surface area (TPSA) is 84.2 Å². The summed E-state index contributed by atoms with van der Waals surface area (Å²) < 4.78 is 0. The SMILES string of the molecule is CNC(=O)c1cc(Cl)ccc1NC(=O)CCCN. The Bertz CT molecular complexity index is 449. The fourth-order valence-electron chi connectivity index (χ4n) is 1.42. The van der Waals surface area contributed by atoms with Crippen LogP contribution in [0.4, 0.5) is 5.69 Å². The number of carbonyl (C=O) groups is 2. The first-order valence-electron chi connectivity index (χ1n) is 5.60. The van der Waals surface area contributed by atoms with Crippen molar-refractivity contribution < 1.29 is 9.59 Å². The van der Waals surface area contributed by atoms with E-state index in [4.69, 9.17) is 17.3 Å². The van der Waals surface area contributed by atoms with Crippen LogP contribution in [0.3, 0.4) is 0 Å². The van der Waals surface area contributed by atoms with Crippen LogP contribution < -0.4 is 16.4 Å². The van der Waals surface area contributed by atoms with E-state index < -0.39 is 0 Å². The smallest absolute Gasteiger partial charge is 0.253 e. The average Bonchev–Trinajstić information content (AvgIpc) is 2.37. The number of halogens is 1. The van der Waals surface area contributed by atoms with Crippen LogP contribution in [0.25, 0.3) is 0 Å². The maximum atomic E-state index is 11.6. The van der Waals surface area contributed by atoms with Gasteiger partial charge in [-0.3, -0.25) is 9.59 Å². The van der Waals surface area contributed by atoms with Crippen molar-refractivity contribution in [3.05, 3.63) is 28.8 Å². The van der Waals surface area contributed by atoms with Crippen molar-refractivity contribution in [3.8, 4) is 0 Å². The van der Waals surface area contributed by atoms with Gasteiger partial charge in [0.05, 0.1) is 11.3 Å². The van der Waals surface area contributed by atoms with Crippen LogP contribution in [-0.4, -0.2) is 25.4 Å². The summed E-state index contributed by atoms with van der Waals surface area (Å²) >= 11 is 5.83. The highest BCUT2D eigenvalue weighted by Gasteiger charge is 2.12. The van der Waals surface area contributed by atoms with Crippen molar-refractivity contribution in [2.45, 2.75) is 12.8 Å². The summed E-state index contributed by atoms with van der Waals surface area (Å²) in [6.07, 6.45) is 0.932. The monoisotopic (exact) mass is 269 g/mol. The van der Waals surface area contributed by atoms with E-state index in [1.165, 1.54) is 13.1 Å². The van der Waals surface area contributed by atoms with E-state index in [1.54, 1.807) is 12.1 Å². The maximum Gasteiger partial charge on any atom is 0.253 e. The van der Waals surface area contributed by atoms with Gasteiger partial charge in [-0.05, 0) is 31.2 Å². The van der Waals surface area contributed by atoms with Gasteiger partial charge in [0.25, 0.3) is 5.91 Å². The molecule has 0 heterocycles. The molecule has 0 unspecified atom stereocenters. The molecular formula is C12H16ClN3O2. The van der Waals surface area contributed by atoms with Gasteiger partial charge in [0.15, 0.2) is 0 Å². The molecule has 0 fully saturated rings. The minimum atomic E-state index is -0.299. The molecule has 6 heteroatoms. The predicted molar refractivity (Wildman–Crippen MR) is 71.8 cm³/mol.